The lowest BCUT2D eigenvalue weighted by molar-refractivity contribution is -0.275. The molecule has 0 aliphatic carbocycles. The van der Waals surface area contributed by atoms with Crippen LogP contribution in [0.2, 0.25) is 0 Å². The fourth-order valence-corrected chi connectivity index (χ4v) is 2.12. The van der Waals surface area contributed by atoms with Crippen LogP contribution >= 0.6 is 0 Å². The van der Waals surface area contributed by atoms with Crippen molar-refractivity contribution in [3.05, 3.63) is 59.4 Å². The molecule has 0 radical (unpaired) electrons. The zero-order valence-corrected chi connectivity index (χ0v) is 11.6. The number of nitrogens with one attached hydrogen (secondary N) is 1. The summed E-state index contributed by atoms with van der Waals surface area (Å²) < 4.78 is 41.6. The average molecular weight is 296 g/mol. The molecule has 1 unspecified atom stereocenters. The summed E-state index contributed by atoms with van der Waals surface area (Å²) in [4.78, 5) is 4.36. The zero-order valence-electron chi connectivity index (χ0n) is 11.6. The van der Waals surface area contributed by atoms with E-state index in [4.69, 9.17) is 0 Å². The Kier molecular flexibility index (Phi) is 4.47. The minimum absolute atomic E-state index is 0.229. The fourth-order valence-electron chi connectivity index (χ4n) is 2.12. The molecule has 2 aromatic rings. The highest BCUT2D eigenvalue weighted by Crippen LogP contribution is 2.32. The molecular weight excluding hydrogens is 281 g/mol. The van der Waals surface area contributed by atoms with Gasteiger partial charge in [0.2, 0.25) is 0 Å². The van der Waals surface area contributed by atoms with Crippen molar-refractivity contribution in [2.75, 3.05) is 7.05 Å². The maximum absolute atomic E-state index is 12.5. The number of alkyl halides is 3. The summed E-state index contributed by atoms with van der Waals surface area (Å²) in [6, 6.07) is 11.0. The Morgan fingerprint density at radius 1 is 1.10 bits per heavy atom. The highest BCUT2D eigenvalue weighted by atomic mass is 19.4. The molecule has 0 aliphatic heterocycles. The number of para-hydroxylation sites is 1. The minimum atomic E-state index is -4.73. The van der Waals surface area contributed by atoms with E-state index >= 15 is 0 Å². The van der Waals surface area contributed by atoms with Gasteiger partial charge in [-0.05, 0) is 32.2 Å². The number of hydrogen-bond acceptors (Lipinski definition) is 3. The van der Waals surface area contributed by atoms with Gasteiger partial charge in [0.25, 0.3) is 0 Å². The van der Waals surface area contributed by atoms with E-state index in [0.717, 1.165) is 5.69 Å². The van der Waals surface area contributed by atoms with Crippen LogP contribution in [0.15, 0.2) is 42.5 Å². The smallest absolute Gasteiger partial charge is 0.405 e. The monoisotopic (exact) mass is 296 g/mol. The first-order valence-electron chi connectivity index (χ1n) is 6.36. The Hall–Kier alpha value is -2.08. The second-order valence-corrected chi connectivity index (χ2v) is 4.51. The van der Waals surface area contributed by atoms with Crippen LogP contribution in [0.1, 0.15) is 23.0 Å². The number of aromatic nitrogens is 1. The summed E-state index contributed by atoms with van der Waals surface area (Å²) in [5, 5.41) is 2.98. The second kappa shape index (κ2) is 6.13. The van der Waals surface area contributed by atoms with E-state index in [9.17, 15) is 13.2 Å². The van der Waals surface area contributed by atoms with Gasteiger partial charge in [-0.2, -0.15) is 0 Å². The van der Waals surface area contributed by atoms with Crippen LogP contribution in [0, 0.1) is 6.92 Å². The quantitative estimate of drug-likeness (QED) is 0.936. The van der Waals surface area contributed by atoms with Crippen molar-refractivity contribution in [1.82, 2.24) is 10.3 Å². The molecule has 0 spiro atoms. The van der Waals surface area contributed by atoms with Crippen molar-refractivity contribution in [3.63, 3.8) is 0 Å². The fraction of sp³-hybridized carbons (Fsp3) is 0.267. The molecule has 112 valence electrons. The Morgan fingerprint density at radius 2 is 1.81 bits per heavy atom. The first-order valence-corrected chi connectivity index (χ1v) is 6.36. The molecule has 1 heterocycles. The maximum Gasteiger partial charge on any atom is 0.573 e. The predicted octanol–water partition coefficient (Wildman–Crippen LogP) is 3.60. The third-order valence-corrected chi connectivity index (χ3v) is 2.95. The Labute approximate surface area is 120 Å². The highest BCUT2D eigenvalue weighted by Gasteiger charge is 2.33. The summed E-state index contributed by atoms with van der Waals surface area (Å²) in [5.74, 6) is -0.229. The van der Waals surface area contributed by atoms with Crippen molar-refractivity contribution < 1.29 is 17.9 Å². The molecule has 6 heteroatoms. The lowest BCUT2D eigenvalue weighted by atomic mass is 10.0. The summed E-state index contributed by atoms with van der Waals surface area (Å²) in [7, 11) is 1.67. The van der Waals surface area contributed by atoms with E-state index < -0.39 is 12.4 Å². The molecule has 1 atom stereocenters. The summed E-state index contributed by atoms with van der Waals surface area (Å²) in [6.45, 7) is 1.83. The van der Waals surface area contributed by atoms with Gasteiger partial charge in [0.15, 0.2) is 0 Å². The first-order chi connectivity index (χ1) is 9.90. The standard InChI is InChI=1S/C15H15F3N2O/c1-10-6-5-8-12(20-10)14(19-2)11-7-3-4-9-13(11)21-15(16,17)18/h3-9,14,19H,1-2H3. The summed E-state index contributed by atoms with van der Waals surface area (Å²) in [5.41, 5.74) is 1.81. The van der Waals surface area contributed by atoms with E-state index in [1.165, 1.54) is 12.1 Å². The maximum atomic E-state index is 12.5. The number of benzene rings is 1. The Balaban J connectivity index is 2.43. The van der Waals surface area contributed by atoms with Crippen LogP contribution in [-0.2, 0) is 0 Å². The SMILES string of the molecule is CNC(c1cccc(C)n1)c1ccccc1OC(F)(F)F. The van der Waals surface area contributed by atoms with Gasteiger partial charge >= 0.3 is 6.36 Å². The molecule has 3 nitrogen and oxygen atoms in total. The van der Waals surface area contributed by atoms with Crippen LogP contribution in [-0.4, -0.2) is 18.4 Å². The molecule has 21 heavy (non-hydrogen) atoms. The summed E-state index contributed by atoms with van der Waals surface area (Å²) in [6.07, 6.45) is -4.73. The number of ether oxygens (including phenoxy) is 1. The van der Waals surface area contributed by atoms with E-state index in [0.29, 0.717) is 11.3 Å². The molecule has 0 saturated heterocycles. The average Bonchev–Trinajstić information content (AvgIpc) is 2.40. The van der Waals surface area contributed by atoms with Crippen molar-refractivity contribution in [1.29, 1.82) is 0 Å². The van der Waals surface area contributed by atoms with Crippen LogP contribution in [0.3, 0.4) is 0 Å². The van der Waals surface area contributed by atoms with Crippen LogP contribution in [0.4, 0.5) is 13.2 Å². The largest absolute Gasteiger partial charge is 0.573 e. The van der Waals surface area contributed by atoms with E-state index in [1.807, 2.05) is 19.1 Å². The molecule has 1 N–H and O–H groups in total. The number of aryl methyl sites for hydroxylation is 1. The van der Waals surface area contributed by atoms with Gasteiger partial charge in [-0.3, -0.25) is 4.98 Å². The molecule has 0 saturated carbocycles. The topological polar surface area (TPSA) is 34.2 Å². The van der Waals surface area contributed by atoms with Gasteiger partial charge in [0.1, 0.15) is 5.75 Å². The molecule has 0 bridgehead atoms. The van der Waals surface area contributed by atoms with Gasteiger partial charge in [-0.1, -0.05) is 24.3 Å². The molecule has 0 amide bonds. The number of nitrogens with zero attached hydrogens (tertiary/aromatic N) is 1. The molecule has 1 aromatic carbocycles. The molecular formula is C15H15F3N2O. The lowest BCUT2D eigenvalue weighted by Crippen LogP contribution is -2.23. The minimum Gasteiger partial charge on any atom is -0.405 e. The summed E-state index contributed by atoms with van der Waals surface area (Å²) >= 11 is 0. The number of rotatable bonds is 4. The third kappa shape index (κ3) is 3.95. The molecule has 0 fully saturated rings. The van der Waals surface area contributed by atoms with Crippen molar-refractivity contribution in [3.8, 4) is 5.75 Å². The van der Waals surface area contributed by atoms with Crippen molar-refractivity contribution in [2.24, 2.45) is 0 Å². The van der Waals surface area contributed by atoms with Gasteiger partial charge < -0.3 is 10.1 Å². The van der Waals surface area contributed by atoms with E-state index in [-0.39, 0.29) is 5.75 Å². The Morgan fingerprint density at radius 3 is 2.43 bits per heavy atom. The highest BCUT2D eigenvalue weighted by molar-refractivity contribution is 5.40. The van der Waals surface area contributed by atoms with Gasteiger partial charge in [-0.25, -0.2) is 0 Å². The van der Waals surface area contributed by atoms with Crippen molar-refractivity contribution in [2.45, 2.75) is 19.3 Å². The van der Waals surface area contributed by atoms with Crippen LogP contribution in [0.5, 0.6) is 5.75 Å². The molecule has 0 aliphatic rings. The molecule has 2 rings (SSSR count). The normalized spacial score (nSPS) is 13.0. The van der Waals surface area contributed by atoms with Gasteiger partial charge in [0, 0.05) is 11.3 Å². The second-order valence-electron chi connectivity index (χ2n) is 4.51. The van der Waals surface area contributed by atoms with Crippen LogP contribution in [0.25, 0.3) is 0 Å². The van der Waals surface area contributed by atoms with Crippen molar-refractivity contribution >= 4 is 0 Å². The van der Waals surface area contributed by atoms with Gasteiger partial charge in [-0.15, -0.1) is 13.2 Å². The lowest BCUT2D eigenvalue weighted by Gasteiger charge is -2.20. The number of pyridine rings is 1. The number of hydrogen-bond donors (Lipinski definition) is 1. The molecule has 1 aromatic heterocycles. The zero-order chi connectivity index (χ0) is 15.5. The predicted molar refractivity (Wildman–Crippen MR) is 73.0 cm³/mol. The first kappa shape index (κ1) is 15.3. The van der Waals surface area contributed by atoms with E-state index in [1.54, 1.807) is 25.2 Å². The Bertz CT molecular complexity index is 614. The van der Waals surface area contributed by atoms with Crippen LogP contribution < -0.4 is 10.1 Å². The van der Waals surface area contributed by atoms with Gasteiger partial charge in [0.05, 0.1) is 11.7 Å². The van der Waals surface area contributed by atoms with E-state index in [2.05, 4.69) is 15.0 Å². The third-order valence-electron chi connectivity index (χ3n) is 2.95. The number of halogens is 3.